The van der Waals surface area contributed by atoms with E-state index in [0.29, 0.717) is 6.54 Å². The minimum Gasteiger partial charge on any atom is -0.393 e. The predicted molar refractivity (Wildman–Crippen MR) is 89.8 cm³/mol. The number of carbonyl (C=O) groups is 1. The number of rotatable bonds is 5. The molecule has 1 amide bonds. The highest BCUT2D eigenvalue weighted by molar-refractivity contribution is 5.79. The number of piperidine rings is 1. The van der Waals surface area contributed by atoms with Crippen LogP contribution in [0.15, 0.2) is 24.3 Å². The Morgan fingerprint density at radius 2 is 1.96 bits per heavy atom. The van der Waals surface area contributed by atoms with Crippen LogP contribution in [0.2, 0.25) is 0 Å². The predicted octanol–water partition coefficient (Wildman–Crippen LogP) is 0.869. The fraction of sp³-hybridized carbons (Fsp3) is 0.611. The summed E-state index contributed by atoms with van der Waals surface area (Å²) in [6.45, 7) is 5.11. The lowest BCUT2D eigenvalue weighted by atomic mass is 10.0. The lowest BCUT2D eigenvalue weighted by molar-refractivity contribution is -0.124. The molecule has 3 rings (SSSR count). The Bertz CT molecular complexity index is 521. The van der Waals surface area contributed by atoms with Gasteiger partial charge in [0.2, 0.25) is 5.91 Å². The van der Waals surface area contributed by atoms with E-state index >= 15 is 0 Å². The number of aliphatic hydroxyl groups is 1. The smallest absolute Gasteiger partial charge is 0.224 e. The van der Waals surface area contributed by atoms with Crippen LogP contribution in [0, 0.1) is 5.92 Å². The third kappa shape index (κ3) is 4.53. The van der Waals surface area contributed by atoms with Gasteiger partial charge in [0.25, 0.3) is 0 Å². The van der Waals surface area contributed by atoms with Crippen LogP contribution in [0.3, 0.4) is 0 Å². The summed E-state index contributed by atoms with van der Waals surface area (Å²) in [5, 5.41) is 15.9. The molecule has 0 saturated carbocycles. The molecule has 3 N–H and O–H groups in total. The molecule has 2 fully saturated rings. The number of nitrogens with zero attached hydrogens (tertiary/aromatic N) is 1. The van der Waals surface area contributed by atoms with E-state index in [2.05, 4.69) is 33.7 Å². The summed E-state index contributed by atoms with van der Waals surface area (Å²) >= 11 is 0. The minimum absolute atomic E-state index is 0.116. The molecule has 2 aliphatic rings. The Labute approximate surface area is 138 Å². The first-order valence-electron chi connectivity index (χ1n) is 8.68. The van der Waals surface area contributed by atoms with Gasteiger partial charge in [-0.2, -0.15) is 0 Å². The zero-order valence-electron chi connectivity index (χ0n) is 13.6. The Morgan fingerprint density at radius 3 is 2.65 bits per heavy atom. The summed E-state index contributed by atoms with van der Waals surface area (Å²) in [4.78, 5) is 14.5. The molecule has 1 aromatic rings. The Balaban J connectivity index is 1.55. The van der Waals surface area contributed by atoms with E-state index in [9.17, 15) is 9.90 Å². The van der Waals surface area contributed by atoms with Gasteiger partial charge in [0.05, 0.1) is 12.0 Å². The van der Waals surface area contributed by atoms with Crippen molar-refractivity contribution < 1.29 is 9.90 Å². The average Bonchev–Trinajstić information content (AvgIpc) is 3.10. The van der Waals surface area contributed by atoms with Crippen molar-refractivity contribution in [3.8, 4) is 0 Å². The highest BCUT2D eigenvalue weighted by Crippen LogP contribution is 2.17. The standard InChI is InChI=1S/C18H27N3O2/c22-17-6-9-21(10-7-17)13-16-4-2-1-3-14(16)12-20-18(23)15-5-8-19-11-15/h1-4,15,17,19,22H,5-13H2,(H,20,23). The highest BCUT2D eigenvalue weighted by atomic mass is 16.3. The van der Waals surface area contributed by atoms with Crippen LogP contribution in [-0.2, 0) is 17.9 Å². The average molecular weight is 317 g/mol. The van der Waals surface area contributed by atoms with E-state index in [1.54, 1.807) is 0 Å². The fourth-order valence-corrected chi connectivity index (χ4v) is 3.41. The third-order valence-corrected chi connectivity index (χ3v) is 4.95. The maximum Gasteiger partial charge on any atom is 0.224 e. The zero-order valence-corrected chi connectivity index (χ0v) is 13.6. The topological polar surface area (TPSA) is 64.6 Å². The summed E-state index contributed by atoms with van der Waals surface area (Å²) < 4.78 is 0. The van der Waals surface area contributed by atoms with E-state index in [4.69, 9.17) is 0 Å². The molecule has 126 valence electrons. The molecule has 0 radical (unpaired) electrons. The second-order valence-electron chi connectivity index (χ2n) is 6.68. The number of benzene rings is 1. The largest absolute Gasteiger partial charge is 0.393 e. The highest BCUT2D eigenvalue weighted by Gasteiger charge is 2.22. The van der Waals surface area contributed by atoms with Gasteiger partial charge in [-0.1, -0.05) is 24.3 Å². The van der Waals surface area contributed by atoms with Crippen LogP contribution in [-0.4, -0.2) is 48.2 Å². The van der Waals surface area contributed by atoms with Crippen molar-refractivity contribution in [1.29, 1.82) is 0 Å². The first-order valence-corrected chi connectivity index (χ1v) is 8.68. The fourth-order valence-electron chi connectivity index (χ4n) is 3.41. The van der Waals surface area contributed by atoms with E-state index < -0.39 is 0 Å². The van der Waals surface area contributed by atoms with Crippen molar-refractivity contribution in [1.82, 2.24) is 15.5 Å². The van der Waals surface area contributed by atoms with Crippen molar-refractivity contribution in [2.24, 2.45) is 5.92 Å². The molecule has 23 heavy (non-hydrogen) atoms. The molecule has 2 aliphatic heterocycles. The van der Waals surface area contributed by atoms with E-state index in [1.807, 2.05) is 6.07 Å². The molecule has 1 atom stereocenters. The van der Waals surface area contributed by atoms with E-state index in [0.717, 1.165) is 52.0 Å². The monoisotopic (exact) mass is 317 g/mol. The van der Waals surface area contributed by atoms with Crippen LogP contribution in [0.1, 0.15) is 30.4 Å². The minimum atomic E-state index is -0.138. The zero-order chi connectivity index (χ0) is 16.1. The first-order chi connectivity index (χ1) is 11.2. The molecule has 0 bridgehead atoms. The van der Waals surface area contributed by atoms with Crippen LogP contribution < -0.4 is 10.6 Å². The molecule has 5 nitrogen and oxygen atoms in total. The van der Waals surface area contributed by atoms with Crippen LogP contribution >= 0.6 is 0 Å². The normalized spacial score (nSPS) is 23.1. The Kier molecular flexibility index (Phi) is 5.65. The lowest BCUT2D eigenvalue weighted by Gasteiger charge is -2.30. The van der Waals surface area contributed by atoms with Gasteiger partial charge in [-0.05, 0) is 36.9 Å². The van der Waals surface area contributed by atoms with Gasteiger partial charge in [-0.15, -0.1) is 0 Å². The van der Waals surface area contributed by atoms with Gasteiger partial charge < -0.3 is 15.7 Å². The summed E-state index contributed by atoms with van der Waals surface area (Å²) in [5.41, 5.74) is 2.46. The van der Waals surface area contributed by atoms with Crippen molar-refractivity contribution in [3.63, 3.8) is 0 Å². The molecular weight excluding hydrogens is 290 g/mol. The van der Waals surface area contributed by atoms with Crippen LogP contribution in [0.5, 0.6) is 0 Å². The second-order valence-corrected chi connectivity index (χ2v) is 6.68. The Morgan fingerprint density at radius 1 is 1.22 bits per heavy atom. The number of hydrogen-bond acceptors (Lipinski definition) is 4. The van der Waals surface area contributed by atoms with Gasteiger partial charge in [-0.25, -0.2) is 0 Å². The molecule has 0 aliphatic carbocycles. The van der Waals surface area contributed by atoms with Crippen LogP contribution in [0.4, 0.5) is 0 Å². The molecule has 5 heteroatoms. The maximum absolute atomic E-state index is 12.2. The second kappa shape index (κ2) is 7.90. The maximum atomic E-state index is 12.2. The molecule has 1 unspecified atom stereocenters. The lowest BCUT2D eigenvalue weighted by Crippen LogP contribution is -2.36. The summed E-state index contributed by atoms with van der Waals surface area (Å²) in [5.74, 6) is 0.275. The number of nitrogens with one attached hydrogen (secondary N) is 2. The number of aliphatic hydroxyl groups excluding tert-OH is 1. The van der Waals surface area contributed by atoms with Crippen molar-refractivity contribution >= 4 is 5.91 Å². The molecule has 2 heterocycles. The summed E-state index contributed by atoms with van der Waals surface area (Å²) in [7, 11) is 0. The van der Waals surface area contributed by atoms with Crippen molar-refractivity contribution in [2.75, 3.05) is 26.2 Å². The molecular formula is C18H27N3O2. The number of carbonyl (C=O) groups excluding carboxylic acids is 1. The Hall–Kier alpha value is -1.43. The van der Waals surface area contributed by atoms with E-state index in [1.165, 1.54) is 11.1 Å². The van der Waals surface area contributed by atoms with Gasteiger partial charge in [0.15, 0.2) is 0 Å². The SMILES string of the molecule is O=C(NCc1ccccc1CN1CCC(O)CC1)C1CCNC1. The number of likely N-dealkylation sites (tertiary alicyclic amines) is 1. The number of amides is 1. The van der Waals surface area contributed by atoms with Crippen molar-refractivity contribution in [2.45, 2.75) is 38.5 Å². The molecule has 0 spiro atoms. The molecule has 2 saturated heterocycles. The number of hydrogen-bond donors (Lipinski definition) is 3. The molecule has 1 aromatic carbocycles. The van der Waals surface area contributed by atoms with Gasteiger partial charge in [0, 0.05) is 32.7 Å². The van der Waals surface area contributed by atoms with E-state index in [-0.39, 0.29) is 17.9 Å². The molecule has 0 aromatic heterocycles. The van der Waals surface area contributed by atoms with Crippen LogP contribution in [0.25, 0.3) is 0 Å². The first kappa shape index (κ1) is 16.4. The third-order valence-electron chi connectivity index (χ3n) is 4.95. The van der Waals surface area contributed by atoms with Gasteiger partial charge >= 0.3 is 0 Å². The quantitative estimate of drug-likeness (QED) is 0.754. The van der Waals surface area contributed by atoms with Crippen molar-refractivity contribution in [3.05, 3.63) is 35.4 Å². The summed E-state index contributed by atoms with van der Waals surface area (Å²) in [6.07, 6.45) is 2.51. The van der Waals surface area contributed by atoms with Gasteiger partial charge in [0.1, 0.15) is 0 Å². The van der Waals surface area contributed by atoms with Gasteiger partial charge in [-0.3, -0.25) is 9.69 Å². The summed E-state index contributed by atoms with van der Waals surface area (Å²) in [6, 6.07) is 8.33.